The quantitative estimate of drug-likeness (QED) is 0.251. The number of nitrogens with one attached hydrogen (secondary N) is 2. The molecule has 8 rings (SSSR count). The highest BCUT2D eigenvalue weighted by Gasteiger charge is 2.45. The fourth-order valence-corrected chi connectivity index (χ4v) is 10.0. The van der Waals surface area contributed by atoms with Gasteiger partial charge in [-0.3, -0.25) is 24.6 Å². The van der Waals surface area contributed by atoms with E-state index in [2.05, 4.69) is 49.3 Å². The monoisotopic (exact) mass is 810 g/mol. The van der Waals surface area contributed by atoms with Crippen LogP contribution < -0.4 is 25.3 Å². The Bertz CT molecular complexity index is 2060. The molecule has 0 radical (unpaired) electrons. The average Bonchev–Trinajstić information content (AvgIpc) is 3.56. The molecule has 11 nitrogen and oxygen atoms in total. The van der Waals surface area contributed by atoms with E-state index in [1.54, 1.807) is 12.1 Å². The number of imide groups is 1. The number of carbonyl (C=O) groups is 3. The number of alkyl halides is 3. The normalized spacial score (nSPS) is 23.0. The number of piperazine rings is 1. The zero-order chi connectivity index (χ0) is 41.3. The molecule has 59 heavy (non-hydrogen) atoms. The number of piperidine rings is 3. The molecule has 2 N–H and O–H groups in total. The highest BCUT2D eigenvalue weighted by atomic mass is 19.4. The Morgan fingerprint density at radius 1 is 0.864 bits per heavy atom. The number of benzene rings is 3. The van der Waals surface area contributed by atoms with Crippen LogP contribution >= 0.6 is 0 Å². The topological polar surface area (TPSA) is 115 Å². The fourth-order valence-electron chi connectivity index (χ4n) is 10.0. The molecule has 5 saturated heterocycles. The van der Waals surface area contributed by atoms with E-state index in [0.29, 0.717) is 36.6 Å². The number of amides is 3. The Kier molecular flexibility index (Phi) is 11.5. The zero-order valence-corrected chi connectivity index (χ0v) is 33.6. The van der Waals surface area contributed by atoms with E-state index >= 15 is 0 Å². The number of halogens is 3. The van der Waals surface area contributed by atoms with Gasteiger partial charge >= 0.3 is 6.18 Å². The van der Waals surface area contributed by atoms with Crippen molar-refractivity contribution in [1.82, 2.24) is 15.1 Å². The van der Waals surface area contributed by atoms with E-state index in [9.17, 15) is 32.8 Å². The second kappa shape index (κ2) is 16.8. The second-order valence-electron chi connectivity index (χ2n) is 17.3. The number of hydrogen-bond acceptors (Lipinski definition) is 9. The molecule has 3 aromatic rings. The Balaban J connectivity index is 0.769. The Morgan fingerprint density at radius 2 is 1.56 bits per heavy atom. The largest absolute Gasteiger partial charge is 0.417 e. The van der Waals surface area contributed by atoms with Gasteiger partial charge in [0.05, 0.1) is 17.2 Å². The standard InChI is InChI=1S/C45H53F3N8O3/c1-31-27-44(30-56(31)38-10-7-34(28-49)39(26-38)45(46,47)48)15-19-53(20-16-44)36-8-5-33(6-9-36)43(59)55-17-13-32(14-18-55)29-52-21-23-54(24-22-52)37-4-2-3-35(25-37)50-40-11-12-41(57)51-42(40)58/h2-10,25-26,31-32,40,50H,11-24,27,29-30H2,1H3,(H,51,57,58)/t31-,40-/m1/s1. The first-order valence-electron chi connectivity index (χ1n) is 21.1. The summed E-state index contributed by atoms with van der Waals surface area (Å²) in [6.45, 7) is 10.8. The summed E-state index contributed by atoms with van der Waals surface area (Å²) in [5, 5.41) is 14.9. The van der Waals surface area contributed by atoms with E-state index in [1.165, 1.54) is 6.07 Å². The smallest absolute Gasteiger partial charge is 0.374 e. The van der Waals surface area contributed by atoms with E-state index in [4.69, 9.17) is 0 Å². The summed E-state index contributed by atoms with van der Waals surface area (Å²) in [5.41, 5.74) is 3.09. The summed E-state index contributed by atoms with van der Waals surface area (Å²) >= 11 is 0. The fraction of sp³-hybridized carbons (Fsp3) is 0.511. The molecule has 3 amide bonds. The van der Waals surface area contributed by atoms with Gasteiger partial charge in [-0.15, -0.1) is 0 Å². The highest BCUT2D eigenvalue weighted by molar-refractivity contribution is 6.01. The van der Waals surface area contributed by atoms with Gasteiger partial charge in [-0.2, -0.15) is 18.4 Å². The highest BCUT2D eigenvalue weighted by Crippen LogP contribution is 2.46. The maximum atomic E-state index is 13.7. The molecule has 0 unspecified atom stereocenters. The van der Waals surface area contributed by atoms with Crippen LogP contribution in [0.1, 0.15) is 73.4 Å². The number of rotatable bonds is 8. The van der Waals surface area contributed by atoms with Crippen LogP contribution in [0.4, 0.5) is 35.9 Å². The van der Waals surface area contributed by atoms with Gasteiger partial charge in [-0.25, -0.2) is 0 Å². The van der Waals surface area contributed by atoms with Crippen LogP contribution in [0.25, 0.3) is 0 Å². The zero-order valence-electron chi connectivity index (χ0n) is 33.6. The minimum Gasteiger partial charge on any atom is -0.374 e. The van der Waals surface area contributed by atoms with Crippen molar-refractivity contribution < 1.29 is 27.6 Å². The van der Waals surface area contributed by atoms with Gasteiger partial charge in [0, 0.05) is 106 Å². The maximum Gasteiger partial charge on any atom is 0.417 e. The van der Waals surface area contributed by atoms with Gasteiger partial charge in [0.1, 0.15) is 6.04 Å². The van der Waals surface area contributed by atoms with Gasteiger partial charge in [-0.05, 0) is 117 Å². The third kappa shape index (κ3) is 9.00. The molecule has 0 saturated carbocycles. The Hall–Kier alpha value is -5.29. The van der Waals surface area contributed by atoms with Crippen molar-refractivity contribution in [3.05, 3.63) is 83.4 Å². The molecule has 14 heteroatoms. The van der Waals surface area contributed by atoms with Crippen molar-refractivity contribution in [1.29, 1.82) is 5.26 Å². The van der Waals surface area contributed by atoms with Crippen LogP contribution in [0.3, 0.4) is 0 Å². The lowest BCUT2D eigenvalue weighted by Gasteiger charge is -2.40. The molecule has 312 valence electrons. The summed E-state index contributed by atoms with van der Waals surface area (Å²) < 4.78 is 41.1. The molecule has 2 atom stereocenters. The number of carbonyl (C=O) groups excluding carboxylic acids is 3. The third-order valence-electron chi connectivity index (χ3n) is 13.4. The minimum absolute atomic E-state index is 0.0192. The molecular formula is C45H53F3N8O3. The summed E-state index contributed by atoms with van der Waals surface area (Å²) in [4.78, 5) is 48.6. The lowest BCUT2D eigenvalue weighted by atomic mass is 9.76. The number of nitrogens with zero attached hydrogens (tertiary/aromatic N) is 6. The summed E-state index contributed by atoms with van der Waals surface area (Å²) in [7, 11) is 0. The maximum absolute atomic E-state index is 13.7. The molecule has 0 bridgehead atoms. The van der Waals surface area contributed by atoms with Crippen LogP contribution in [-0.4, -0.2) is 105 Å². The molecule has 3 aromatic carbocycles. The van der Waals surface area contributed by atoms with Crippen molar-refractivity contribution in [3.63, 3.8) is 0 Å². The van der Waals surface area contributed by atoms with Gasteiger partial charge in [0.2, 0.25) is 11.8 Å². The molecule has 1 spiro atoms. The second-order valence-corrected chi connectivity index (χ2v) is 17.3. The van der Waals surface area contributed by atoms with Crippen molar-refractivity contribution in [2.45, 2.75) is 70.1 Å². The van der Waals surface area contributed by atoms with Crippen LogP contribution in [-0.2, 0) is 15.8 Å². The molecule has 5 heterocycles. The van der Waals surface area contributed by atoms with E-state index in [1.807, 2.05) is 41.3 Å². The van der Waals surface area contributed by atoms with Crippen LogP contribution in [0.15, 0.2) is 66.7 Å². The van der Waals surface area contributed by atoms with Crippen molar-refractivity contribution in [3.8, 4) is 6.07 Å². The molecular weight excluding hydrogens is 758 g/mol. The first-order valence-corrected chi connectivity index (χ1v) is 21.1. The molecule has 0 aliphatic carbocycles. The van der Waals surface area contributed by atoms with Gasteiger partial charge < -0.3 is 24.9 Å². The lowest BCUT2D eigenvalue weighted by Crippen LogP contribution is -2.49. The van der Waals surface area contributed by atoms with Gasteiger partial charge in [0.25, 0.3) is 5.91 Å². The number of likely N-dealkylation sites (tertiary alicyclic amines) is 1. The average molecular weight is 811 g/mol. The number of hydrogen-bond donors (Lipinski definition) is 2. The Labute approximate surface area is 344 Å². The summed E-state index contributed by atoms with van der Waals surface area (Å²) in [5.74, 6) is 0.133. The lowest BCUT2D eigenvalue weighted by molar-refractivity contribution is -0.138. The van der Waals surface area contributed by atoms with Crippen molar-refractivity contribution >= 4 is 40.5 Å². The van der Waals surface area contributed by atoms with E-state index < -0.39 is 17.8 Å². The Morgan fingerprint density at radius 3 is 2.24 bits per heavy atom. The molecule has 0 aromatic heterocycles. The third-order valence-corrected chi connectivity index (χ3v) is 13.4. The van der Waals surface area contributed by atoms with Crippen molar-refractivity contribution in [2.24, 2.45) is 11.3 Å². The molecule has 5 aliphatic heterocycles. The van der Waals surface area contributed by atoms with Gasteiger partial charge in [0.15, 0.2) is 0 Å². The van der Waals surface area contributed by atoms with Crippen LogP contribution in [0, 0.1) is 22.7 Å². The number of nitriles is 1. The summed E-state index contributed by atoms with van der Waals surface area (Å²) in [6.07, 6.45) is 0.995. The molecule has 5 aliphatic rings. The van der Waals surface area contributed by atoms with Crippen LogP contribution in [0.5, 0.6) is 0 Å². The predicted octanol–water partition coefficient (Wildman–Crippen LogP) is 6.35. The van der Waals surface area contributed by atoms with Crippen molar-refractivity contribution in [2.75, 3.05) is 85.5 Å². The predicted molar refractivity (Wildman–Crippen MR) is 221 cm³/mol. The van der Waals surface area contributed by atoms with E-state index in [0.717, 1.165) is 114 Å². The molecule has 5 fully saturated rings. The van der Waals surface area contributed by atoms with E-state index in [-0.39, 0.29) is 34.7 Å². The minimum atomic E-state index is -4.58. The number of anilines is 4. The first kappa shape index (κ1) is 40.5. The SMILES string of the molecule is C[C@@H]1CC2(CCN(c3ccc(C(=O)N4CCC(CN5CCN(c6cccc(N[C@@H]7CCC(=O)NC7=O)c6)CC5)CC4)cc3)CC2)CN1c1ccc(C#N)c(C(F)(F)F)c1. The van der Waals surface area contributed by atoms with Gasteiger partial charge in [-0.1, -0.05) is 6.07 Å². The summed E-state index contributed by atoms with van der Waals surface area (Å²) in [6, 6.07) is 21.5. The first-order chi connectivity index (χ1) is 28.4. The van der Waals surface area contributed by atoms with Crippen LogP contribution in [0.2, 0.25) is 0 Å².